The van der Waals surface area contributed by atoms with Crippen LogP contribution >= 0.6 is 11.6 Å². The highest BCUT2D eigenvalue weighted by Gasteiger charge is 2.13. The lowest BCUT2D eigenvalue weighted by atomic mass is 10.3. The van der Waals surface area contributed by atoms with Gasteiger partial charge in [0.1, 0.15) is 5.88 Å². The molecule has 0 aliphatic heterocycles. The standard InChI is InChI=1S/C10H16ClN3O/c1-4-8-5-9(7-13(2)3)14(12-8)10(15)6-11/h5H,4,6-7H2,1-3H3. The number of aryl methyl sites for hydroxylation is 1. The van der Waals surface area contributed by atoms with Crippen LogP contribution in [0, 0.1) is 0 Å². The monoisotopic (exact) mass is 229 g/mol. The summed E-state index contributed by atoms with van der Waals surface area (Å²) >= 11 is 5.52. The van der Waals surface area contributed by atoms with E-state index in [2.05, 4.69) is 5.10 Å². The van der Waals surface area contributed by atoms with Gasteiger partial charge < -0.3 is 4.90 Å². The fourth-order valence-electron chi connectivity index (χ4n) is 1.36. The molecule has 5 heteroatoms. The minimum atomic E-state index is -0.173. The highest BCUT2D eigenvalue weighted by molar-refractivity contribution is 6.27. The van der Waals surface area contributed by atoms with Gasteiger partial charge in [0.2, 0.25) is 0 Å². The van der Waals surface area contributed by atoms with Crippen molar-refractivity contribution in [2.45, 2.75) is 19.9 Å². The second kappa shape index (κ2) is 5.28. The predicted octanol–water partition coefficient (Wildman–Crippen LogP) is 1.39. The smallest absolute Gasteiger partial charge is 0.262 e. The maximum absolute atomic E-state index is 11.5. The molecule has 0 saturated heterocycles. The van der Waals surface area contributed by atoms with Crippen LogP contribution in [0.25, 0.3) is 0 Å². The van der Waals surface area contributed by atoms with Crippen LogP contribution in [0.3, 0.4) is 0 Å². The Morgan fingerprint density at radius 1 is 1.60 bits per heavy atom. The van der Waals surface area contributed by atoms with Crippen LogP contribution in [0.1, 0.15) is 23.1 Å². The van der Waals surface area contributed by atoms with Crippen molar-refractivity contribution in [1.29, 1.82) is 0 Å². The summed E-state index contributed by atoms with van der Waals surface area (Å²) in [6.07, 6.45) is 0.822. The normalized spacial score (nSPS) is 11.0. The number of hydrogen-bond donors (Lipinski definition) is 0. The zero-order valence-electron chi connectivity index (χ0n) is 9.33. The molecule has 1 aromatic heterocycles. The van der Waals surface area contributed by atoms with Crippen molar-refractivity contribution in [3.63, 3.8) is 0 Å². The predicted molar refractivity (Wildman–Crippen MR) is 60.3 cm³/mol. The first-order valence-electron chi connectivity index (χ1n) is 4.90. The molecule has 0 amide bonds. The molecule has 1 heterocycles. The molecule has 0 aromatic carbocycles. The Morgan fingerprint density at radius 3 is 2.73 bits per heavy atom. The molecule has 0 atom stereocenters. The maximum atomic E-state index is 11.5. The zero-order chi connectivity index (χ0) is 11.4. The molecular formula is C10H16ClN3O. The van der Waals surface area contributed by atoms with Crippen LogP contribution in [0.2, 0.25) is 0 Å². The van der Waals surface area contributed by atoms with Crippen LogP contribution < -0.4 is 0 Å². The molecule has 15 heavy (non-hydrogen) atoms. The highest BCUT2D eigenvalue weighted by atomic mass is 35.5. The third-order valence-corrected chi connectivity index (χ3v) is 2.25. The molecular weight excluding hydrogens is 214 g/mol. The molecule has 0 spiro atoms. The Kier molecular flexibility index (Phi) is 4.29. The Hall–Kier alpha value is -0.870. The molecule has 0 radical (unpaired) electrons. The van der Waals surface area contributed by atoms with Gasteiger partial charge in [-0.05, 0) is 26.6 Å². The molecule has 1 rings (SSSR count). The van der Waals surface area contributed by atoms with E-state index in [1.165, 1.54) is 4.68 Å². The molecule has 0 N–H and O–H groups in total. The van der Waals surface area contributed by atoms with E-state index >= 15 is 0 Å². The Labute approximate surface area is 94.8 Å². The molecule has 4 nitrogen and oxygen atoms in total. The van der Waals surface area contributed by atoms with Gasteiger partial charge >= 0.3 is 0 Å². The van der Waals surface area contributed by atoms with E-state index < -0.39 is 0 Å². The van der Waals surface area contributed by atoms with E-state index in [9.17, 15) is 4.79 Å². The number of rotatable bonds is 4. The number of carbonyl (C=O) groups excluding carboxylic acids is 1. The molecule has 1 aromatic rings. The van der Waals surface area contributed by atoms with Crippen molar-refractivity contribution in [3.05, 3.63) is 17.5 Å². The van der Waals surface area contributed by atoms with Gasteiger partial charge in [-0.15, -0.1) is 11.6 Å². The number of halogens is 1. The Bertz CT molecular complexity index is 346. The minimum Gasteiger partial charge on any atom is -0.304 e. The van der Waals surface area contributed by atoms with E-state index in [4.69, 9.17) is 11.6 Å². The third-order valence-electron chi connectivity index (χ3n) is 2.02. The van der Waals surface area contributed by atoms with Crippen molar-refractivity contribution in [2.75, 3.05) is 20.0 Å². The summed E-state index contributed by atoms with van der Waals surface area (Å²) < 4.78 is 1.41. The maximum Gasteiger partial charge on any atom is 0.262 e. The highest BCUT2D eigenvalue weighted by Crippen LogP contribution is 2.07. The molecule has 0 bridgehead atoms. The summed E-state index contributed by atoms with van der Waals surface area (Å²) in [7, 11) is 3.91. The Balaban J connectivity index is 3.00. The molecule has 0 aliphatic rings. The van der Waals surface area contributed by atoms with Crippen molar-refractivity contribution in [3.8, 4) is 0 Å². The van der Waals surface area contributed by atoms with E-state index in [1.807, 2.05) is 32.0 Å². The summed E-state index contributed by atoms with van der Waals surface area (Å²) in [6.45, 7) is 2.70. The van der Waals surface area contributed by atoms with Gasteiger partial charge in [0.15, 0.2) is 0 Å². The minimum absolute atomic E-state index is 0.0364. The first-order valence-corrected chi connectivity index (χ1v) is 5.43. The number of nitrogens with zero attached hydrogens (tertiary/aromatic N) is 3. The van der Waals surface area contributed by atoms with Gasteiger partial charge in [-0.3, -0.25) is 4.79 Å². The average Bonchev–Trinajstić information content (AvgIpc) is 2.59. The van der Waals surface area contributed by atoms with Gasteiger partial charge in [-0.2, -0.15) is 5.10 Å². The van der Waals surface area contributed by atoms with Crippen molar-refractivity contribution in [2.24, 2.45) is 0 Å². The number of hydrogen-bond acceptors (Lipinski definition) is 3. The van der Waals surface area contributed by atoms with Crippen LogP contribution in [-0.2, 0) is 13.0 Å². The molecule has 0 unspecified atom stereocenters. The fourth-order valence-corrected chi connectivity index (χ4v) is 1.47. The second-order valence-corrected chi connectivity index (χ2v) is 3.92. The van der Waals surface area contributed by atoms with Gasteiger partial charge in [-0.25, -0.2) is 4.68 Å². The zero-order valence-corrected chi connectivity index (χ0v) is 10.1. The fraction of sp³-hybridized carbons (Fsp3) is 0.600. The molecule has 0 saturated carbocycles. The summed E-state index contributed by atoms with van der Waals surface area (Å²) in [4.78, 5) is 13.5. The lowest BCUT2D eigenvalue weighted by molar-refractivity contribution is 0.0918. The van der Waals surface area contributed by atoms with Crippen molar-refractivity contribution < 1.29 is 4.79 Å². The number of alkyl halides is 1. The molecule has 84 valence electrons. The average molecular weight is 230 g/mol. The van der Waals surface area contributed by atoms with Crippen molar-refractivity contribution >= 4 is 17.5 Å². The van der Waals surface area contributed by atoms with E-state index in [0.29, 0.717) is 6.54 Å². The van der Waals surface area contributed by atoms with Crippen LogP contribution in [0.4, 0.5) is 0 Å². The number of aromatic nitrogens is 2. The van der Waals surface area contributed by atoms with E-state index in [0.717, 1.165) is 17.8 Å². The first kappa shape index (κ1) is 12.2. The van der Waals surface area contributed by atoms with Crippen molar-refractivity contribution in [1.82, 2.24) is 14.7 Å². The molecule has 0 aliphatic carbocycles. The summed E-state index contributed by atoms with van der Waals surface area (Å²) in [5.41, 5.74) is 1.81. The first-order chi connectivity index (χ1) is 7.08. The SMILES string of the molecule is CCc1cc(CN(C)C)n(C(=O)CCl)n1. The van der Waals surface area contributed by atoms with E-state index in [1.54, 1.807) is 0 Å². The lowest BCUT2D eigenvalue weighted by Crippen LogP contribution is -2.21. The van der Waals surface area contributed by atoms with Gasteiger partial charge in [0.25, 0.3) is 5.91 Å². The summed E-state index contributed by atoms with van der Waals surface area (Å²) in [5, 5.41) is 4.21. The van der Waals surface area contributed by atoms with Gasteiger partial charge in [0.05, 0.1) is 11.4 Å². The van der Waals surface area contributed by atoms with Crippen LogP contribution in [0.5, 0.6) is 0 Å². The molecule has 0 fully saturated rings. The largest absolute Gasteiger partial charge is 0.304 e. The Morgan fingerprint density at radius 2 is 2.27 bits per heavy atom. The number of carbonyl (C=O) groups is 1. The van der Waals surface area contributed by atoms with Gasteiger partial charge in [-0.1, -0.05) is 6.92 Å². The van der Waals surface area contributed by atoms with Gasteiger partial charge in [0, 0.05) is 6.54 Å². The van der Waals surface area contributed by atoms with E-state index in [-0.39, 0.29) is 11.8 Å². The lowest BCUT2D eigenvalue weighted by Gasteiger charge is -2.09. The van der Waals surface area contributed by atoms with Crippen LogP contribution in [-0.4, -0.2) is 40.6 Å². The summed E-state index contributed by atoms with van der Waals surface area (Å²) in [5.74, 6) is -0.209. The topological polar surface area (TPSA) is 38.1 Å². The third kappa shape index (κ3) is 3.04. The summed E-state index contributed by atoms with van der Waals surface area (Å²) in [6, 6.07) is 1.95. The second-order valence-electron chi connectivity index (χ2n) is 3.66. The quantitative estimate of drug-likeness (QED) is 0.733. The van der Waals surface area contributed by atoms with Crippen LogP contribution in [0.15, 0.2) is 6.07 Å².